The van der Waals surface area contributed by atoms with Gasteiger partial charge in [-0.15, -0.1) is 0 Å². The summed E-state index contributed by atoms with van der Waals surface area (Å²) in [6.07, 6.45) is 0.699. The van der Waals surface area contributed by atoms with E-state index in [1.165, 1.54) is 12.1 Å². The average molecular weight is 293 g/mol. The molecule has 0 saturated heterocycles. The van der Waals surface area contributed by atoms with Gasteiger partial charge in [-0.1, -0.05) is 13.0 Å². The summed E-state index contributed by atoms with van der Waals surface area (Å²) in [6.45, 7) is 6.73. The van der Waals surface area contributed by atoms with E-state index in [0.717, 1.165) is 29.1 Å². The first-order chi connectivity index (χ1) is 9.93. The molecule has 0 aliphatic carbocycles. The summed E-state index contributed by atoms with van der Waals surface area (Å²) in [6, 6.07) is 4.01. The molecule has 1 aromatic carbocycles. The van der Waals surface area contributed by atoms with Crippen molar-refractivity contribution >= 4 is 0 Å². The molecule has 0 radical (unpaired) electrons. The molecule has 3 nitrogen and oxygen atoms in total. The van der Waals surface area contributed by atoms with Gasteiger partial charge in [-0.25, -0.2) is 8.78 Å². The lowest BCUT2D eigenvalue weighted by Gasteiger charge is -2.19. The predicted molar refractivity (Wildman–Crippen MR) is 79.2 cm³/mol. The molecule has 2 rings (SSSR count). The quantitative estimate of drug-likeness (QED) is 0.917. The van der Waals surface area contributed by atoms with Crippen LogP contribution in [0.3, 0.4) is 0 Å². The summed E-state index contributed by atoms with van der Waals surface area (Å²) in [5.74, 6) is -1.63. The number of hydrogen-bond donors (Lipinski definition) is 1. The summed E-state index contributed by atoms with van der Waals surface area (Å²) >= 11 is 0. The molecule has 1 aromatic heterocycles. The van der Waals surface area contributed by atoms with Crippen LogP contribution in [0.25, 0.3) is 0 Å². The van der Waals surface area contributed by atoms with Crippen LogP contribution in [0.15, 0.2) is 18.2 Å². The summed E-state index contributed by atoms with van der Waals surface area (Å²) < 4.78 is 28.4. The molecule has 1 unspecified atom stereocenters. The topological polar surface area (TPSA) is 29.9 Å². The van der Waals surface area contributed by atoms with Crippen LogP contribution in [0.4, 0.5) is 8.78 Å². The molecule has 0 aliphatic rings. The highest BCUT2D eigenvalue weighted by atomic mass is 19.2. The first kappa shape index (κ1) is 15.6. The van der Waals surface area contributed by atoms with Gasteiger partial charge in [0.2, 0.25) is 0 Å². The fourth-order valence-electron chi connectivity index (χ4n) is 2.60. The van der Waals surface area contributed by atoms with Gasteiger partial charge in [0.05, 0.1) is 5.69 Å². The minimum absolute atomic E-state index is 0.0632. The van der Waals surface area contributed by atoms with E-state index >= 15 is 0 Å². The normalized spacial score (nSPS) is 12.7. The number of aromatic nitrogens is 2. The van der Waals surface area contributed by atoms with Crippen molar-refractivity contribution in [3.63, 3.8) is 0 Å². The second-order valence-electron chi connectivity index (χ2n) is 5.26. The standard InChI is InChI=1S/C16H21F2N3/c1-5-19-16(12-6-7-14(17)15(18)8-12)9-13-10(2)20-21(4)11(13)3/h6-8,16,19H,5,9H2,1-4H3. The molecule has 5 heteroatoms. The second-order valence-corrected chi connectivity index (χ2v) is 5.26. The number of aryl methyl sites for hydroxylation is 2. The van der Waals surface area contributed by atoms with Crippen molar-refractivity contribution in [3.05, 3.63) is 52.3 Å². The molecule has 0 saturated carbocycles. The third kappa shape index (κ3) is 3.29. The number of halogens is 2. The Kier molecular flexibility index (Phi) is 4.73. The average Bonchev–Trinajstić information content (AvgIpc) is 2.68. The van der Waals surface area contributed by atoms with Crippen LogP contribution in [0.1, 0.15) is 35.5 Å². The molecule has 0 aliphatic heterocycles. The molecule has 2 aromatic rings. The molecule has 0 spiro atoms. The number of rotatable bonds is 5. The summed E-state index contributed by atoms with van der Waals surface area (Å²) in [5.41, 5.74) is 3.96. The molecule has 114 valence electrons. The Hall–Kier alpha value is -1.75. The lowest BCUT2D eigenvalue weighted by atomic mass is 9.97. The maximum absolute atomic E-state index is 13.5. The van der Waals surface area contributed by atoms with Crippen molar-refractivity contribution in [2.24, 2.45) is 7.05 Å². The SMILES string of the molecule is CCNC(Cc1c(C)nn(C)c1C)c1ccc(F)c(F)c1. The van der Waals surface area contributed by atoms with E-state index in [2.05, 4.69) is 10.4 Å². The van der Waals surface area contributed by atoms with Gasteiger partial charge in [0.15, 0.2) is 11.6 Å². The number of likely N-dealkylation sites (N-methyl/N-ethyl adjacent to an activating group) is 1. The predicted octanol–water partition coefficient (Wildman–Crippen LogP) is 3.21. The fourth-order valence-corrected chi connectivity index (χ4v) is 2.60. The van der Waals surface area contributed by atoms with Crippen molar-refractivity contribution in [1.82, 2.24) is 15.1 Å². The zero-order chi connectivity index (χ0) is 15.6. The van der Waals surface area contributed by atoms with Crippen molar-refractivity contribution in [2.45, 2.75) is 33.2 Å². The third-order valence-corrected chi connectivity index (χ3v) is 3.86. The Morgan fingerprint density at radius 2 is 1.95 bits per heavy atom. The smallest absolute Gasteiger partial charge is 0.159 e. The van der Waals surface area contributed by atoms with E-state index in [-0.39, 0.29) is 6.04 Å². The minimum Gasteiger partial charge on any atom is -0.310 e. The number of nitrogens with zero attached hydrogens (tertiary/aromatic N) is 2. The van der Waals surface area contributed by atoms with Gasteiger partial charge in [-0.05, 0) is 50.1 Å². The Morgan fingerprint density at radius 1 is 1.24 bits per heavy atom. The van der Waals surface area contributed by atoms with E-state index in [1.54, 1.807) is 6.07 Å². The fraction of sp³-hybridized carbons (Fsp3) is 0.438. The Morgan fingerprint density at radius 3 is 2.48 bits per heavy atom. The van der Waals surface area contributed by atoms with Gasteiger partial charge in [0.1, 0.15) is 0 Å². The lowest BCUT2D eigenvalue weighted by Crippen LogP contribution is -2.23. The Labute approximate surface area is 124 Å². The molecule has 1 heterocycles. The molecule has 0 fully saturated rings. The molecular weight excluding hydrogens is 272 g/mol. The van der Waals surface area contributed by atoms with Gasteiger partial charge in [-0.3, -0.25) is 4.68 Å². The monoisotopic (exact) mass is 293 g/mol. The molecule has 1 N–H and O–H groups in total. The maximum Gasteiger partial charge on any atom is 0.159 e. The van der Waals surface area contributed by atoms with Crippen LogP contribution in [-0.2, 0) is 13.5 Å². The highest BCUT2D eigenvalue weighted by molar-refractivity contribution is 5.29. The third-order valence-electron chi connectivity index (χ3n) is 3.86. The van der Waals surface area contributed by atoms with Crippen LogP contribution in [-0.4, -0.2) is 16.3 Å². The van der Waals surface area contributed by atoms with Crippen LogP contribution in [0.5, 0.6) is 0 Å². The van der Waals surface area contributed by atoms with Crippen molar-refractivity contribution in [2.75, 3.05) is 6.54 Å². The molecule has 1 atom stereocenters. The van der Waals surface area contributed by atoms with E-state index in [9.17, 15) is 8.78 Å². The van der Waals surface area contributed by atoms with Gasteiger partial charge < -0.3 is 5.32 Å². The van der Waals surface area contributed by atoms with Crippen molar-refractivity contribution in [1.29, 1.82) is 0 Å². The molecule has 0 amide bonds. The molecule has 0 bridgehead atoms. The van der Waals surface area contributed by atoms with E-state index in [4.69, 9.17) is 0 Å². The highest BCUT2D eigenvalue weighted by Crippen LogP contribution is 2.23. The van der Waals surface area contributed by atoms with Gasteiger partial charge in [0, 0.05) is 18.8 Å². The highest BCUT2D eigenvalue weighted by Gasteiger charge is 2.18. The number of nitrogens with one attached hydrogen (secondary N) is 1. The van der Waals surface area contributed by atoms with Crippen molar-refractivity contribution < 1.29 is 8.78 Å². The minimum atomic E-state index is -0.817. The van der Waals surface area contributed by atoms with Crippen LogP contribution in [0.2, 0.25) is 0 Å². The second kappa shape index (κ2) is 6.35. The lowest BCUT2D eigenvalue weighted by molar-refractivity contribution is 0.496. The Bertz CT molecular complexity index is 635. The van der Waals surface area contributed by atoms with Gasteiger partial charge in [0.25, 0.3) is 0 Å². The van der Waals surface area contributed by atoms with Gasteiger partial charge >= 0.3 is 0 Å². The summed E-state index contributed by atoms with van der Waals surface area (Å²) in [4.78, 5) is 0. The van der Waals surface area contributed by atoms with Crippen LogP contribution in [0, 0.1) is 25.5 Å². The Balaban J connectivity index is 2.32. The molecular formula is C16H21F2N3. The van der Waals surface area contributed by atoms with E-state index in [1.807, 2.05) is 32.5 Å². The summed E-state index contributed by atoms with van der Waals surface area (Å²) in [7, 11) is 1.91. The van der Waals surface area contributed by atoms with Crippen molar-refractivity contribution in [3.8, 4) is 0 Å². The molecule has 21 heavy (non-hydrogen) atoms. The zero-order valence-electron chi connectivity index (χ0n) is 12.9. The van der Waals surface area contributed by atoms with E-state index < -0.39 is 11.6 Å². The van der Waals surface area contributed by atoms with Crippen LogP contribution >= 0.6 is 0 Å². The maximum atomic E-state index is 13.5. The first-order valence-corrected chi connectivity index (χ1v) is 7.11. The van der Waals surface area contributed by atoms with Gasteiger partial charge in [-0.2, -0.15) is 5.10 Å². The zero-order valence-corrected chi connectivity index (χ0v) is 12.9. The number of benzene rings is 1. The number of hydrogen-bond acceptors (Lipinski definition) is 2. The van der Waals surface area contributed by atoms with E-state index in [0.29, 0.717) is 6.42 Å². The summed E-state index contributed by atoms with van der Waals surface area (Å²) in [5, 5.41) is 7.74. The van der Waals surface area contributed by atoms with Crippen LogP contribution < -0.4 is 5.32 Å². The first-order valence-electron chi connectivity index (χ1n) is 7.11. The largest absolute Gasteiger partial charge is 0.310 e.